The van der Waals surface area contributed by atoms with Crippen LogP contribution in [-0.4, -0.2) is 53.6 Å². The maximum absolute atomic E-state index is 13.4. The summed E-state index contributed by atoms with van der Waals surface area (Å²) in [6.07, 6.45) is 6.91. The molecule has 0 saturated heterocycles. The summed E-state index contributed by atoms with van der Waals surface area (Å²) in [6.45, 7) is 3.03. The second-order valence-corrected chi connectivity index (χ2v) is 6.99. The van der Waals surface area contributed by atoms with E-state index in [0.29, 0.717) is 6.54 Å². The Morgan fingerprint density at radius 3 is 2.48 bits per heavy atom. The van der Waals surface area contributed by atoms with E-state index in [1.165, 1.54) is 12.1 Å². The number of aromatic nitrogens is 3. The second kappa shape index (κ2) is 10.6. The minimum absolute atomic E-state index is 0.106. The molecular weight excluding hydrogens is 367 g/mol. The van der Waals surface area contributed by atoms with Gasteiger partial charge in [-0.05, 0) is 36.9 Å². The summed E-state index contributed by atoms with van der Waals surface area (Å²) in [5.41, 5.74) is 2.07. The van der Waals surface area contributed by atoms with Crippen LogP contribution in [0.2, 0.25) is 0 Å². The molecule has 3 rings (SSSR count). The molecule has 1 atom stereocenters. The van der Waals surface area contributed by atoms with E-state index >= 15 is 0 Å². The summed E-state index contributed by atoms with van der Waals surface area (Å²) >= 11 is 0. The zero-order valence-electron chi connectivity index (χ0n) is 16.9. The topological polar surface area (TPSA) is 57.2 Å². The number of nitrogens with one attached hydrogen (secondary N) is 1. The Hall–Kier alpha value is -2.90. The van der Waals surface area contributed by atoms with Gasteiger partial charge in [-0.3, -0.25) is 14.9 Å². The molecule has 0 amide bonds. The third-order valence-electron chi connectivity index (χ3n) is 4.89. The lowest BCUT2D eigenvalue weighted by atomic mass is 10.1. The smallest absolute Gasteiger partial charge is 0.146 e. The number of rotatable bonds is 10. The Bertz CT molecular complexity index is 844. The summed E-state index contributed by atoms with van der Waals surface area (Å²) in [5.74, 6) is 0.617. The molecule has 2 aromatic heterocycles. The molecule has 2 heterocycles. The van der Waals surface area contributed by atoms with E-state index < -0.39 is 0 Å². The number of hydrogen-bond acceptors (Lipinski definition) is 6. The van der Waals surface area contributed by atoms with E-state index in [1.54, 1.807) is 24.8 Å². The van der Waals surface area contributed by atoms with Gasteiger partial charge in [0.2, 0.25) is 0 Å². The van der Waals surface area contributed by atoms with Gasteiger partial charge >= 0.3 is 0 Å². The highest BCUT2D eigenvalue weighted by molar-refractivity contribution is 5.33. The zero-order valence-corrected chi connectivity index (χ0v) is 16.9. The Labute approximate surface area is 171 Å². The molecule has 3 aromatic rings. The lowest BCUT2D eigenvalue weighted by Crippen LogP contribution is -2.38. The third kappa shape index (κ3) is 6.30. The predicted molar refractivity (Wildman–Crippen MR) is 113 cm³/mol. The second-order valence-electron chi connectivity index (χ2n) is 6.99. The lowest BCUT2D eigenvalue weighted by molar-refractivity contribution is 0.242. The van der Waals surface area contributed by atoms with Crippen LogP contribution >= 0.6 is 0 Å². The van der Waals surface area contributed by atoms with Crippen molar-refractivity contribution in [1.29, 1.82) is 0 Å². The molecule has 0 radical (unpaired) electrons. The van der Waals surface area contributed by atoms with Crippen molar-refractivity contribution in [1.82, 2.24) is 25.2 Å². The molecule has 1 unspecified atom stereocenters. The fraction of sp³-hybridized carbons (Fsp3) is 0.318. The third-order valence-corrected chi connectivity index (χ3v) is 4.89. The van der Waals surface area contributed by atoms with Crippen molar-refractivity contribution in [2.45, 2.75) is 12.6 Å². The van der Waals surface area contributed by atoms with Gasteiger partial charge < -0.3 is 10.2 Å². The molecule has 1 N–H and O–H groups in total. The van der Waals surface area contributed by atoms with Gasteiger partial charge in [0.25, 0.3) is 0 Å². The number of anilines is 1. The Morgan fingerprint density at radius 2 is 1.79 bits per heavy atom. The molecule has 0 bridgehead atoms. The van der Waals surface area contributed by atoms with Gasteiger partial charge in [0, 0.05) is 57.9 Å². The molecule has 0 aliphatic rings. The Morgan fingerprint density at radius 1 is 0.966 bits per heavy atom. The standard InChI is InChI=1S/C22H27FN6/c1-28(13-14-29(2)22-17-24-11-12-27-22)21(18-6-8-19(23)9-7-18)16-25-15-20-5-3-4-10-26-20/h3-12,17,21,25H,13-16H2,1-2H3. The molecule has 0 saturated carbocycles. The highest BCUT2D eigenvalue weighted by Gasteiger charge is 2.18. The number of halogens is 1. The highest BCUT2D eigenvalue weighted by Crippen LogP contribution is 2.19. The van der Waals surface area contributed by atoms with Crippen molar-refractivity contribution in [3.05, 3.63) is 84.3 Å². The molecule has 0 aliphatic heterocycles. The van der Waals surface area contributed by atoms with Crippen LogP contribution in [0.1, 0.15) is 17.3 Å². The van der Waals surface area contributed by atoms with Gasteiger partial charge in [-0.2, -0.15) is 0 Å². The maximum atomic E-state index is 13.4. The van der Waals surface area contributed by atoms with Gasteiger partial charge in [-0.15, -0.1) is 0 Å². The number of nitrogens with zero attached hydrogens (tertiary/aromatic N) is 5. The molecule has 1 aromatic carbocycles. The van der Waals surface area contributed by atoms with Crippen LogP contribution in [0.15, 0.2) is 67.3 Å². The lowest BCUT2D eigenvalue weighted by Gasteiger charge is -2.30. The van der Waals surface area contributed by atoms with Crippen LogP contribution in [0.5, 0.6) is 0 Å². The van der Waals surface area contributed by atoms with Crippen LogP contribution in [-0.2, 0) is 6.54 Å². The molecule has 152 valence electrons. The summed E-state index contributed by atoms with van der Waals surface area (Å²) < 4.78 is 13.4. The number of benzene rings is 1. The number of pyridine rings is 1. The van der Waals surface area contributed by atoms with Gasteiger partial charge in [0.1, 0.15) is 11.6 Å². The summed E-state index contributed by atoms with van der Waals surface area (Å²) in [5, 5.41) is 3.48. The van der Waals surface area contributed by atoms with Gasteiger partial charge in [-0.25, -0.2) is 9.37 Å². The maximum Gasteiger partial charge on any atom is 0.146 e. The van der Waals surface area contributed by atoms with Gasteiger partial charge in [0.05, 0.1) is 11.9 Å². The largest absolute Gasteiger partial charge is 0.357 e. The normalized spacial score (nSPS) is 12.1. The van der Waals surface area contributed by atoms with E-state index in [-0.39, 0.29) is 11.9 Å². The van der Waals surface area contributed by atoms with E-state index in [1.807, 2.05) is 37.4 Å². The van der Waals surface area contributed by atoms with Crippen molar-refractivity contribution >= 4 is 5.82 Å². The molecule has 7 heteroatoms. The first-order valence-corrected chi connectivity index (χ1v) is 9.67. The van der Waals surface area contributed by atoms with Crippen molar-refractivity contribution in [2.24, 2.45) is 0 Å². The van der Waals surface area contributed by atoms with E-state index in [4.69, 9.17) is 0 Å². The summed E-state index contributed by atoms with van der Waals surface area (Å²) in [6, 6.07) is 12.7. The summed E-state index contributed by atoms with van der Waals surface area (Å²) in [7, 11) is 4.09. The summed E-state index contributed by atoms with van der Waals surface area (Å²) in [4.78, 5) is 17.2. The van der Waals surface area contributed by atoms with Crippen LogP contribution in [0, 0.1) is 5.82 Å². The van der Waals surface area contributed by atoms with Crippen LogP contribution in [0.25, 0.3) is 0 Å². The molecule has 0 aliphatic carbocycles. The first kappa shape index (κ1) is 20.8. The van der Waals surface area contributed by atoms with Gasteiger partial charge in [-0.1, -0.05) is 18.2 Å². The SMILES string of the molecule is CN(CCN(C)C(CNCc1ccccn1)c1ccc(F)cc1)c1cnccn1. The first-order chi connectivity index (χ1) is 14.1. The molecule has 0 fully saturated rings. The number of hydrogen-bond donors (Lipinski definition) is 1. The van der Waals surface area contributed by atoms with Crippen LogP contribution in [0.3, 0.4) is 0 Å². The van der Waals surface area contributed by atoms with Crippen LogP contribution < -0.4 is 10.2 Å². The average Bonchev–Trinajstić information content (AvgIpc) is 2.77. The zero-order chi connectivity index (χ0) is 20.5. The molecule has 0 spiro atoms. The molecular formula is C22H27FN6. The van der Waals surface area contributed by atoms with Gasteiger partial charge in [0.15, 0.2) is 0 Å². The van der Waals surface area contributed by atoms with E-state index in [0.717, 1.165) is 36.7 Å². The first-order valence-electron chi connectivity index (χ1n) is 9.67. The Kier molecular flexibility index (Phi) is 7.61. The van der Waals surface area contributed by atoms with Crippen molar-refractivity contribution in [2.75, 3.05) is 38.6 Å². The van der Waals surface area contributed by atoms with Crippen molar-refractivity contribution in [3.63, 3.8) is 0 Å². The fourth-order valence-corrected chi connectivity index (χ4v) is 3.12. The highest BCUT2D eigenvalue weighted by atomic mass is 19.1. The van der Waals surface area contributed by atoms with Crippen molar-refractivity contribution < 1.29 is 4.39 Å². The van der Waals surface area contributed by atoms with E-state index in [2.05, 4.69) is 37.1 Å². The molecule has 29 heavy (non-hydrogen) atoms. The fourth-order valence-electron chi connectivity index (χ4n) is 3.12. The Balaban J connectivity index is 1.62. The molecule has 6 nitrogen and oxygen atoms in total. The quantitative estimate of drug-likeness (QED) is 0.571. The minimum Gasteiger partial charge on any atom is -0.357 e. The van der Waals surface area contributed by atoms with Crippen LogP contribution in [0.4, 0.5) is 10.2 Å². The predicted octanol–water partition coefficient (Wildman–Crippen LogP) is 2.91. The van der Waals surface area contributed by atoms with E-state index in [9.17, 15) is 4.39 Å². The number of likely N-dealkylation sites (N-methyl/N-ethyl adjacent to an activating group) is 2. The van der Waals surface area contributed by atoms with Crippen molar-refractivity contribution in [3.8, 4) is 0 Å². The minimum atomic E-state index is -0.223. The monoisotopic (exact) mass is 394 g/mol. The average molecular weight is 394 g/mol.